The number of rotatable bonds is 2. The Hall–Kier alpha value is -1.01. The first-order valence-electron chi connectivity index (χ1n) is 4.84. The van der Waals surface area contributed by atoms with Crippen LogP contribution in [0.4, 0.5) is 0 Å². The van der Waals surface area contributed by atoms with E-state index in [1.807, 2.05) is 0 Å². The lowest BCUT2D eigenvalue weighted by Gasteiger charge is -2.31. The summed E-state index contributed by atoms with van der Waals surface area (Å²) in [5.41, 5.74) is -0.693. The second-order valence-electron chi connectivity index (χ2n) is 3.88. The van der Waals surface area contributed by atoms with Gasteiger partial charge in [0.25, 0.3) is 0 Å². The molecule has 78 valence electrons. The minimum atomic E-state index is -0.693. The van der Waals surface area contributed by atoms with Gasteiger partial charge in [0.2, 0.25) is 0 Å². The van der Waals surface area contributed by atoms with Gasteiger partial charge in [0, 0.05) is 13.0 Å². The van der Waals surface area contributed by atoms with E-state index in [1.54, 1.807) is 7.05 Å². The molecule has 1 aliphatic rings. The zero-order valence-electron chi connectivity index (χ0n) is 8.27. The largest absolute Gasteiger partial charge is 0.388 e. The van der Waals surface area contributed by atoms with Crippen molar-refractivity contribution >= 4 is 0 Å². The zero-order chi connectivity index (χ0) is 10.0. The Morgan fingerprint density at radius 3 is 3.07 bits per heavy atom. The molecule has 0 bridgehead atoms. The van der Waals surface area contributed by atoms with Gasteiger partial charge in [-0.25, -0.2) is 0 Å². The lowest BCUT2D eigenvalue weighted by molar-refractivity contribution is 0.0151. The fourth-order valence-electron chi connectivity index (χ4n) is 1.79. The summed E-state index contributed by atoms with van der Waals surface area (Å²) < 4.78 is 0. The van der Waals surface area contributed by atoms with Crippen LogP contribution in [0.1, 0.15) is 18.7 Å². The van der Waals surface area contributed by atoms with Gasteiger partial charge < -0.3 is 10.4 Å². The minimum absolute atomic E-state index is 0.480. The molecule has 1 aliphatic heterocycles. The molecule has 0 radical (unpaired) electrons. The molecule has 6 heteroatoms. The maximum atomic E-state index is 10.2. The van der Waals surface area contributed by atoms with Crippen LogP contribution in [0.3, 0.4) is 0 Å². The van der Waals surface area contributed by atoms with E-state index < -0.39 is 5.60 Å². The van der Waals surface area contributed by atoms with E-state index in [2.05, 4.69) is 20.7 Å². The molecule has 0 aromatic carbocycles. The molecule has 6 nitrogen and oxygen atoms in total. The van der Waals surface area contributed by atoms with Gasteiger partial charge in [-0.1, -0.05) is 0 Å². The molecule has 0 aliphatic carbocycles. The number of tetrazole rings is 1. The number of aliphatic hydroxyl groups is 1. The van der Waals surface area contributed by atoms with Crippen molar-refractivity contribution in [3.8, 4) is 0 Å². The van der Waals surface area contributed by atoms with Gasteiger partial charge in [-0.05, 0) is 24.6 Å². The molecule has 14 heavy (non-hydrogen) atoms. The first-order valence-corrected chi connectivity index (χ1v) is 4.84. The lowest BCUT2D eigenvalue weighted by Crippen LogP contribution is -2.47. The predicted octanol–water partition coefficient (Wildman–Crippen LogP) is -1.13. The summed E-state index contributed by atoms with van der Waals surface area (Å²) in [7, 11) is 1.72. The van der Waals surface area contributed by atoms with Crippen molar-refractivity contribution in [2.45, 2.75) is 24.9 Å². The van der Waals surface area contributed by atoms with Crippen LogP contribution in [0.2, 0.25) is 0 Å². The van der Waals surface area contributed by atoms with E-state index in [1.165, 1.54) is 4.80 Å². The zero-order valence-corrected chi connectivity index (χ0v) is 8.27. The maximum Gasteiger partial charge on any atom is 0.177 e. The number of hydrogen-bond donors (Lipinski definition) is 2. The van der Waals surface area contributed by atoms with E-state index in [0.29, 0.717) is 18.8 Å². The average molecular weight is 197 g/mol. The second kappa shape index (κ2) is 3.62. The quantitative estimate of drug-likeness (QED) is 0.627. The monoisotopic (exact) mass is 197 g/mol. The van der Waals surface area contributed by atoms with Gasteiger partial charge in [-0.3, -0.25) is 0 Å². The molecule has 1 atom stereocenters. The van der Waals surface area contributed by atoms with Crippen molar-refractivity contribution < 1.29 is 5.11 Å². The van der Waals surface area contributed by atoms with Crippen molar-refractivity contribution in [1.29, 1.82) is 0 Å². The Balaban J connectivity index is 2.01. The van der Waals surface area contributed by atoms with Crippen LogP contribution in [-0.4, -0.2) is 44.0 Å². The smallest absolute Gasteiger partial charge is 0.177 e. The second-order valence-corrected chi connectivity index (χ2v) is 3.88. The molecule has 0 spiro atoms. The Kier molecular flexibility index (Phi) is 2.47. The van der Waals surface area contributed by atoms with Crippen molar-refractivity contribution in [1.82, 2.24) is 25.5 Å². The number of hydrogen-bond acceptors (Lipinski definition) is 5. The number of aromatic nitrogens is 4. The highest BCUT2D eigenvalue weighted by Crippen LogP contribution is 2.19. The maximum absolute atomic E-state index is 10.2. The lowest BCUT2D eigenvalue weighted by atomic mass is 9.91. The minimum Gasteiger partial charge on any atom is -0.388 e. The van der Waals surface area contributed by atoms with Crippen LogP contribution >= 0.6 is 0 Å². The summed E-state index contributed by atoms with van der Waals surface area (Å²) in [4.78, 5) is 1.41. The van der Waals surface area contributed by atoms with Crippen LogP contribution in [-0.2, 0) is 13.5 Å². The van der Waals surface area contributed by atoms with Crippen molar-refractivity contribution in [2.24, 2.45) is 7.05 Å². The molecular weight excluding hydrogens is 182 g/mol. The SMILES string of the molecule is Cn1nnc(CC2(O)CCCNC2)n1. The van der Waals surface area contributed by atoms with Crippen molar-refractivity contribution in [3.05, 3.63) is 5.82 Å². The first-order chi connectivity index (χ1) is 6.68. The standard InChI is InChI=1S/C8H15N5O/c1-13-11-7(10-12-13)5-8(14)3-2-4-9-6-8/h9,14H,2-6H2,1H3. The van der Waals surface area contributed by atoms with Crippen LogP contribution in [0.15, 0.2) is 0 Å². The number of nitrogens with one attached hydrogen (secondary N) is 1. The fourth-order valence-corrected chi connectivity index (χ4v) is 1.79. The average Bonchev–Trinajstić information content (AvgIpc) is 2.51. The molecule has 1 aromatic heterocycles. The van der Waals surface area contributed by atoms with Gasteiger partial charge in [-0.2, -0.15) is 4.80 Å². The number of nitrogens with zero attached hydrogens (tertiary/aromatic N) is 4. The molecule has 1 unspecified atom stereocenters. The Bertz CT molecular complexity index is 304. The fraction of sp³-hybridized carbons (Fsp3) is 0.875. The van der Waals surface area contributed by atoms with Crippen LogP contribution in [0.25, 0.3) is 0 Å². The van der Waals surface area contributed by atoms with E-state index in [-0.39, 0.29) is 0 Å². The van der Waals surface area contributed by atoms with Gasteiger partial charge in [0.15, 0.2) is 5.82 Å². The van der Waals surface area contributed by atoms with Gasteiger partial charge in [0.1, 0.15) is 0 Å². The summed E-state index contributed by atoms with van der Waals surface area (Å²) in [6, 6.07) is 0. The van der Waals surface area contributed by atoms with E-state index in [0.717, 1.165) is 19.4 Å². The normalized spacial score (nSPS) is 27.9. The first kappa shape index (κ1) is 9.54. The van der Waals surface area contributed by atoms with Gasteiger partial charge in [0.05, 0.1) is 12.6 Å². The molecule has 0 saturated carbocycles. The summed E-state index contributed by atoms with van der Waals surface area (Å²) in [5, 5.41) is 25.0. The van der Waals surface area contributed by atoms with E-state index in [4.69, 9.17) is 0 Å². The predicted molar refractivity (Wildman–Crippen MR) is 49.6 cm³/mol. The summed E-state index contributed by atoms with van der Waals surface area (Å²) in [5.74, 6) is 0.610. The Morgan fingerprint density at radius 1 is 1.64 bits per heavy atom. The molecule has 1 aromatic rings. The Labute approximate surface area is 82.3 Å². The third-order valence-electron chi connectivity index (χ3n) is 2.49. The Morgan fingerprint density at radius 2 is 2.50 bits per heavy atom. The molecule has 1 saturated heterocycles. The number of piperidine rings is 1. The molecule has 2 N–H and O–H groups in total. The molecule has 0 amide bonds. The van der Waals surface area contributed by atoms with E-state index in [9.17, 15) is 5.11 Å². The summed E-state index contributed by atoms with van der Waals surface area (Å²) in [6.07, 6.45) is 2.28. The third kappa shape index (κ3) is 2.08. The number of aryl methyl sites for hydroxylation is 1. The summed E-state index contributed by atoms with van der Waals surface area (Å²) >= 11 is 0. The van der Waals surface area contributed by atoms with Crippen LogP contribution < -0.4 is 5.32 Å². The van der Waals surface area contributed by atoms with Crippen LogP contribution in [0, 0.1) is 0 Å². The topological polar surface area (TPSA) is 75.9 Å². The molecule has 2 heterocycles. The van der Waals surface area contributed by atoms with Gasteiger partial charge >= 0.3 is 0 Å². The molecule has 2 rings (SSSR count). The van der Waals surface area contributed by atoms with Crippen molar-refractivity contribution in [2.75, 3.05) is 13.1 Å². The van der Waals surface area contributed by atoms with E-state index >= 15 is 0 Å². The summed E-state index contributed by atoms with van der Waals surface area (Å²) in [6.45, 7) is 1.60. The van der Waals surface area contributed by atoms with Crippen LogP contribution in [0.5, 0.6) is 0 Å². The highest BCUT2D eigenvalue weighted by atomic mass is 16.3. The van der Waals surface area contributed by atoms with Crippen molar-refractivity contribution in [3.63, 3.8) is 0 Å². The third-order valence-corrected chi connectivity index (χ3v) is 2.49. The van der Waals surface area contributed by atoms with Gasteiger partial charge in [-0.15, -0.1) is 10.2 Å². The molecule has 1 fully saturated rings. The molecular formula is C8H15N5O. The highest BCUT2D eigenvalue weighted by Gasteiger charge is 2.30. The number of β-amino-alcohol motifs (C(OH)–C–C–N with tert-alkyl or cyclic N) is 1. The highest BCUT2D eigenvalue weighted by molar-refractivity contribution is 4.94.